The van der Waals surface area contributed by atoms with Crippen LogP contribution in [0.4, 0.5) is 21.0 Å². The molecular formula is C25H28N4O4. The van der Waals surface area contributed by atoms with Gasteiger partial charge in [-0.05, 0) is 73.9 Å². The lowest BCUT2D eigenvalue weighted by Crippen LogP contribution is -2.32. The highest BCUT2D eigenvalue weighted by Crippen LogP contribution is 2.22. The summed E-state index contributed by atoms with van der Waals surface area (Å²) in [6.45, 7) is 5.48. The van der Waals surface area contributed by atoms with E-state index in [1.54, 1.807) is 54.6 Å². The number of phenols is 2. The summed E-state index contributed by atoms with van der Waals surface area (Å²) in [7, 11) is 0. The first-order valence-corrected chi connectivity index (χ1v) is 10.5. The predicted molar refractivity (Wildman–Crippen MR) is 129 cm³/mol. The fraction of sp³-hybridized carbons (Fsp3) is 0.200. The molecule has 4 amide bonds. The first-order valence-electron chi connectivity index (χ1n) is 10.5. The van der Waals surface area contributed by atoms with Gasteiger partial charge in [0, 0.05) is 11.4 Å². The maximum atomic E-state index is 12.5. The van der Waals surface area contributed by atoms with Crippen LogP contribution < -0.4 is 21.3 Å². The Labute approximate surface area is 192 Å². The van der Waals surface area contributed by atoms with Crippen molar-refractivity contribution in [3.05, 3.63) is 83.4 Å². The molecule has 3 aromatic carbocycles. The van der Waals surface area contributed by atoms with Crippen LogP contribution in [-0.2, 0) is 0 Å². The van der Waals surface area contributed by atoms with Gasteiger partial charge in [-0.1, -0.05) is 30.3 Å². The van der Waals surface area contributed by atoms with E-state index in [-0.39, 0.29) is 23.6 Å². The van der Waals surface area contributed by atoms with Crippen LogP contribution >= 0.6 is 0 Å². The van der Waals surface area contributed by atoms with Gasteiger partial charge in [0.25, 0.3) is 0 Å². The zero-order valence-electron chi connectivity index (χ0n) is 18.7. The predicted octanol–water partition coefficient (Wildman–Crippen LogP) is 5.17. The smallest absolute Gasteiger partial charge is 0.319 e. The minimum atomic E-state index is -0.414. The molecule has 0 bridgehead atoms. The highest BCUT2D eigenvalue weighted by Gasteiger charge is 2.13. The van der Waals surface area contributed by atoms with E-state index in [4.69, 9.17) is 0 Å². The zero-order valence-corrected chi connectivity index (χ0v) is 18.7. The second kappa shape index (κ2) is 10.4. The molecule has 0 heterocycles. The van der Waals surface area contributed by atoms with Gasteiger partial charge in [-0.3, -0.25) is 0 Å². The molecule has 0 aliphatic heterocycles. The Morgan fingerprint density at radius 3 is 1.76 bits per heavy atom. The summed E-state index contributed by atoms with van der Waals surface area (Å²) in [6, 6.07) is 17.1. The number of rotatable bonds is 6. The average Bonchev–Trinajstić information content (AvgIpc) is 2.76. The van der Waals surface area contributed by atoms with Crippen LogP contribution in [0.25, 0.3) is 0 Å². The highest BCUT2D eigenvalue weighted by molar-refractivity contribution is 5.93. The second-order valence-corrected chi connectivity index (χ2v) is 7.86. The molecule has 0 saturated carbocycles. The van der Waals surface area contributed by atoms with Crippen molar-refractivity contribution in [1.29, 1.82) is 0 Å². The number of nitrogens with one attached hydrogen (secondary N) is 4. The Morgan fingerprint density at radius 1 is 0.727 bits per heavy atom. The van der Waals surface area contributed by atoms with Crippen LogP contribution in [0, 0.1) is 6.92 Å². The molecular weight excluding hydrogens is 420 g/mol. The third-order valence-electron chi connectivity index (χ3n) is 5.18. The maximum Gasteiger partial charge on any atom is 0.319 e. The molecule has 0 aliphatic carbocycles. The largest absolute Gasteiger partial charge is 0.508 e. The topological polar surface area (TPSA) is 123 Å². The lowest BCUT2D eigenvalue weighted by molar-refractivity contribution is 0.248. The number of anilines is 2. The normalized spacial score (nSPS) is 12.3. The minimum absolute atomic E-state index is 0.132. The van der Waals surface area contributed by atoms with Crippen molar-refractivity contribution in [2.24, 2.45) is 0 Å². The zero-order chi connectivity index (χ0) is 24.0. The van der Waals surface area contributed by atoms with E-state index < -0.39 is 12.1 Å². The van der Waals surface area contributed by atoms with E-state index >= 15 is 0 Å². The Morgan fingerprint density at radius 2 is 1.24 bits per heavy atom. The van der Waals surface area contributed by atoms with Gasteiger partial charge in [0.1, 0.15) is 11.5 Å². The van der Waals surface area contributed by atoms with Crippen molar-refractivity contribution in [3.63, 3.8) is 0 Å². The SMILES string of the molecule is Cc1ccc(NC(=O)N[C@@H](C)c2cccc(O)c2)cc1NC(=O)N[C@H](C)c1cccc(O)c1. The van der Waals surface area contributed by atoms with Gasteiger partial charge in [-0.25, -0.2) is 9.59 Å². The van der Waals surface area contributed by atoms with Gasteiger partial charge >= 0.3 is 12.1 Å². The molecule has 6 N–H and O–H groups in total. The quantitative estimate of drug-likeness (QED) is 0.311. The molecule has 0 saturated heterocycles. The van der Waals surface area contributed by atoms with Gasteiger partial charge in [0.15, 0.2) is 0 Å². The summed E-state index contributed by atoms with van der Waals surface area (Å²) in [5, 5.41) is 30.4. The fourth-order valence-electron chi connectivity index (χ4n) is 3.31. The van der Waals surface area contributed by atoms with Crippen LogP contribution in [0.2, 0.25) is 0 Å². The monoisotopic (exact) mass is 448 g/mol. The van der Waals surface area contributed by atoms with Crippen LogP contribution in [-0.4, -0.2) is 22.3 Å². The number of amides is 4. The molecule has 3 aromatic rings. The number of aromatic hydroxyl groups is 2. The van der Waals surface area contributed by atoms with Crippen LogP contribution in [0.1, 0.15) is 42.6 Å². The third-order valence-corrected chi connectivity index (χ3v) is 5.18. The number of hydrogen-bond donors (Lipinski definition) is 6. The summed E-state index contributed by atoms with van der Waals surface area (Å²) in [5.41, 5.74) is 3.44. The minimum Gasteiger partial charge on any atom is -0.508 e. The molecule has 0 aliphatic rings. The number of carbonyl (C=O) groups excluding carboxylic acids is 2. The number of benzene rings is 3. The number of phenolic OH excluding ortho intramolecular Hbond substituents is 2. The standard InChI is InChI=1S/C25H28N4O4/c1-15-10-11-20(28-24(32)26-16(2)18-6-4-8-21(30)12-18)14-23(15)29-25(33)27-17(3)19-7-5-9-22(31)13-19/h4-14,16-17,30-31H,1-3H3,(H2,26,28,32)(H2,27,29,33)/t16-,17+/m0/s1. The Hall–Kier alpha value is -4.20. The van der Waals surface area contributed by atoms with E-state index in [1.165, 1.54) is 0 Å². The van der Waals surface area contributed by atoms with Gasteiger partial charge in [-0.2, -0.15) is 0 Å². The van der Waals surface area contributed by atoms with Crippen molar-refractivity contribution in [2.75, 3.05) is 10.6 Å². The maximum absolute atomic E-state index is 12.5. The van der Waals surface area contributed by atoms with E-state index in [0.717, 1.165) is 16.7 Å². The molecule has 8 nitrogen and oxygen atoms in total. The van der Waals surface area contributed by atoms with Crippen molar-refractivity contribution in [1.82, 2.24) is 10.6 Å². The molecule has 8 heteroatoms. The number of urea groups is 2. The van der Waals surface area contributed by atoms with Crippen molar-refractivity contribution >= 4 is 23.4 Å². The van der Waals surface area contributed by atoms with E-state index in [9.17, 15) is 19.8 Å². The van der Waals surface area contributed by atoms with E-state index in [2.05, 4.69) is 21.3 Å². The molecule has 3 rings (SSSR count). The molecule has 0 spiro atoms. The van der Waals surface area contributed by atoms with E-state index in [1.807, 2.05) is 32.9 Å². The first kappa shape index (κ1) is 23.5. The molecule has 33 heavy (non-hydrogen) atoms. The van der Waals surface area contributed by atoms with Crippen molar-refractivity contribution in [3.8, 4) is 11.5 Å². The molecule has 172 valence electrons. The molecule has 0 unspecified atom stereocenters. The molecule has 2 atom stereocenters. The van der Waals surface area contributed by atoms with Crippen LogP contribution in [0.15, 0.2) is 66.7 Å². The average molecular weight is 449 g/mol. The molecule has 0 aromatic heterocycles. The van der Waals surface area contributed by atoms with Gasteiger partial charge in [0.05, 0.1) is 12.1 Å². The van der Waals surface area contributed by atoms with Crippen LogP contribution in [0.3, 0.4) is 0 Å². The van der Waals surface area contributed by atoms with Crippen LogP contribution in [0.5, 0.6) is 11.5 Å². The highest BCUT2D eigenvalue weighted by atomic mass is 16.3. The van der Waals surface area contributed by atoms with Gasteiger partial charge < -0.3 is 31.5 Å². The third kappa shape index (κ3) is 6.64. The van der Waals surface area contributed by atoms with Crippen molar-refractivity contribution < 1.29 is 19.8 Å². The number of aryl methyl sites for hydroxylation is 1. The summed E-state index contributed by atoms with van der Waals surface area (Å²) in [6.07, 6.45) is 0. The summed E-state index contributed by atoms with van der Waals surface area (Å²) in [5.74, 6) is 0.264. The fourth-order valence-corrected chi connectivity index (χ4v) is 3.31. The Kier molecular flexibility index (Phi) is 7.40. The summed E-state index contributed by atoms with van der Waals surface area (Å²) in [4.78, 5) is 24.9. The second-order valence-electron chi connectivity index (χ2n) is 7.86. The molecule has 0 radical (unpaired) electrons. The number of hydrogen-bond acceptors (Lipinski definition) is 4. The molecule has 0 fully saturated rings. The summed E-state index contributed by atoms with van der Waals surface area (Å²) < 4.78 is 0. The lowest BCUT2D eigenvalue weighted by Gasteiger charge is -2.18. The lowest BCUT2D eigenvalue weighted by atomic mass is 10.1. The van der Waals surface area contributed by atoms with Gasteiger partial charge in [0.2, 0.25) is 0 Å². The van der Waals surface area contributed by atoms with Crippen molar-refractivity contribution in [2.45, 2.75) is 32.9 Å². The summed E-state index contributed by atoms with van der Waals surface area (Å²) >= 11 is 0. The van der Waals surface area contributed by atoms with E-state index in [0.29, 0.717) is 11.4 Å². The Balaban J connectivity index is 1.60. The Bertz CT molecular complexity index is 1150. The van der Waals surface area contributed by atoms with Gasteiger partial charge in [-0.15, -0.1) is 0 Å². The first-order chi connectivity index (χ1) is 15.7. The number of carbonyl (C=O) groups is 2.